The van der Waals surface area contributed by atoms with E-state index in [1.54, 1.807) is 6.92 Å². The van der Waals surface area contributed by atoms with E-state index >= 15 is 0 Å². The number of nitrogens with zero attached hydrogens (tertiary/aromatic N) is 2. The van der Waals surface area contributed by atoms with E-state index in [-0.39, 0.29) is 12.1 Å². The first-order valence-electron chi connectivity index (χ1n) is 9.44. The number of aromatic nitrogens is 1. The molecule has 0 bridgehead atoms. The van der Waals surface area contributed by atoms with Gasteiger partial charge >= 0.3 is 6.09 Å². The number of anilines is 1. The smallest absolute Gasteiger partial charge is 0.404 e. The van der Waals surface area contributed by atoms with Crippen LogP contribution in [0.25, 0.3) is 11.1 Å². The number of hydrogen-bond donors (Lipinski definition) is 2. The monoisotopic (exact) mass is 377 g/mol. The summed E-state index contributed by atoms with van der Waals surface area (Å²) >= 11 is 0. The molecule has 1 aromatic carbocycles. The quantitative estimate of drug-likeness (QED) is 0.729. The van der Waals surface area contributed by atoms with Gasteiger partial charge in [-0.05, 0) is 38.3 Å². The van der Waals surface area contributed by atoms with Crippen LogP contribution in [0.2, 0.25) is 0 Å². The predicted octanol–water partition coefficient (Wildman–Crippen LogP) is 3.26. The predicted molar refractivity (Wildman–Crippen MR) is 102 cm³/mol. The summed E-state index contributed by atoms with van der Waals surface area (Å²) in [7, 11) is 0. The maximum Gasteiger partial charge on any atom is 0.404 e. The summed E-state index contributed by atoms with van der Waals surface area (Å²) in [4.78, 5) is 17.3. The molecule has 1 amide bonds. The fourth-order valence-electron chi connectivity index (χ4n) is 3.09. The Labute approximate surface area is 158 Å². The third kappa shape index (κ3) is 5.26. The molecular weight excluding hydrogens is 350 g/mol. The molecule has 0 spiro atoms. The standard InChI is InChI=1S/C19H27N3O5/c1-3-10-25-15-4-5-17-16(11-15)21-18(27-17)22-8-6-14(7-9-22)26-12-13(2)20-19(23)24/h4-5,11,13-14,20H,3,6-10,12H2,1-2H3,(H,23,24)/t13-/m0/s1. The molecule has 27 heavy (non-hydrogen) atoms. The van der Waals surface area contributed by atoms with Gasteiger partial charge in [0.1, 0.15) is 11.3 Å². The van der Waals surface area contributed by atoms with Gasteiger partial charge in [-0.2, -0.15) is 4.98 Å². The number of rotatable bonds is 8. The maximum atomic E-state index is 10.6. The first-order valence-corrected chi connectivity index (χ1v) is 9.44. The normalized spacial score (nSPS) is 16.4. The van der Waals surface area contributed by atoms with Crippen molar-refractivity contribution >= 4 is 23.2 Å². The van der Waals surface area contributed by atoms with Crippen LogP contribution in [0.1, 0.15) is 33.1 Å². The van der Waals surface area contributed by atoms with Crippen molar-refractivity contribution in [1.82, 2.24) is 10.3 Å². The van der Waals surface area contributed by atoms with Crippen molar-refractivity contribution in [2.75, 3.05) is 31.2 Å². The van der Waals surface area contributed by atoms with Crippen LogP contribution in [0.15, 0.2) is 22.6 Å². The maximum absolute atomic E-state index is 10.6. The minimum atomic E-state index is -1.03. The molecule has 1 fully saturated rings. The Balaban J connectivity index is 1.52. The van der Waals surface area contributed by atoms with Gasteiger partial charge in [0, 0.05) is 19.2 Å². The molecule has 8 heteroatoms. The Kier molecular flexibility index (Phi) is 6.39. The Hall–Kier alpha value is -2.48. The van der Waals surface area contributed by atoms with Gasteiger partial charge in [-0.3, -0.25) is 0 Å². The largest absolute Gasteiger partial charge is 0.494 e. The Morgan fingerprint density at radius 2 is 2.22 bits per heavy atom. The number of oxazole rings is 1. The average molecular weight is 377 g/mol. The van der Waals surface area contributed by atoms with Crippen LogP contribution >= 0.6 is 0 Å². The lowest BCUT2D eigenvalue weighted by atomic mass is 10.1. The van der Waals surface area contributed by atoms with Crippen molar-refractivity contribution in [3.63, 3.8) is 0 Å². The SMILES string of the molecule is CCCOc1ccc2oc(N3CCC(OC[C@H](C)NC(=O)O)CC3)nc2c1. The summed E-state index contributed by atoms with van der Waals surface area (Å²) < 4.78 is 17.4. The van der Waals surface area contributed by atoms with Crippen molar-refractivity contribution < 1.29 is 23.8 Å². The molecule has 0 unspecified atom stereocenters. The van der Waals surface area contributed by atoms with Crippen LogP contribution < -0.4 is 15.0 Å². The zero-order chi connectivity index (χ0) is 19.2. The molecule has 148 valence electrons. The number of hydrogen-bond acceptors (Lipinski definition) is 6. The minimum Gasteiger partial charge on any atom is -0.494 e. The molecule has 2 N–H and O–H groups in total. The van der Waals surface area contributed by atoms with Gasteiger partial charge in [0.15, 0.2) is 5.58 Å². The number of benzene rings is 1. The molecule has 1 aromatic heterocycles. The molecule has 8 nitrogen and oxygen atoms in total. The molecule has 2 aromatic rings. The number of ether oxygens (including phenoxy) is 2. The summed E-state index contributed by atoms with van der Waals surface area (Å²) in [5, 5.41) is 11.1. The molecule has 3 rings (SSSR count). The van der Waals surface area contributed by atoms with Crippen molar-refractivity contribution in [2.45, 2.75) is 45.3 Å². The van der Waals surface area contributed by atoms with Gasteiger partial charge in [-0.1, -0.05) is 6.92 Å². The first kappa shape index (κ1) is 19.3. The third-order valence-electron chi connectivity index (χ3n) is 4.48. The van der Waals surface area contributed by atoms with E-state index in [0.717, 1.165) is 49.2 Å². The Morgan fingerprint density at radius 1 is 1.44 bits per heavy atom. The minimum absolute atomic E-state index is 0.123. The number of carbonyl (C=O) groups is 1. The van der Waals surface area contributed by atoms with Crippen molar-refractivity contribution in [2.24, 2.45) is 0 Å². The van der Waals surface area contributed by atoms with Gasteiger partial charge in [-0.25, -0.2) is 4.79 Å². The summed E-state index contributed by atoms with van der Waals surface area (Å²) in [6.07, 6.45) is 1.76. The van der Waals surface area contributed by atoms with E-state index in [2.05, 4.69) is 22.1 Å². The molecule has 1 aliphatic rings. The molecule has 2 heterocycles. The number of fused-ring (bicyclic) bond motifs is 1. The van der Waals surface area contributed by atoms with Gasteiger partial charge in [0.2, 0.25) is 0 Å². The van der Waals surface area contributed by atoms with Crippen molar-refractivity contribution in [3.8, 4) is 5.75 Å². The number of piperidine rings is 1. The van der Waals surface area contributed by atoms with E-state index < -0.39 is 6.09 Å². The summed E-state index contributed by atoms with van der Waals surface area (Å²) in [6, 6.07) is 6.10. The molecule has 1 atom stereocenters. The number of nitrogens with one attached hydrogen (secondary N) is 1. The van der Waals surface area contributed by atoms with E-state index in [0.29, 0.717) is 19.2 Å². The topological polar surface area (TPSA) is 97.1 Å². The van der Waals surface area contributed by atoms with Gasteiger partial charge < -0.3 is 29.2 Å². The third-order valence-corrected chi connectivity index (χ3v) is 4.48. The van der Waals surface area contributed by atoms with Gasteiger partial charge in [0.05, 0.1) is 25.4 Å². The molecule has 0 saturated carbocycles. The van der Waals surface area contributed by atoms with E-state index in [1.165, 1.54) is 0 Å². The van der Waals surface area contributed by atoms with Gasteiger partial charge in [-0.15, -0.1) is 0 Å². The van der Waals surface area contributed by atoms with Crippen molar-refractivity contribution in [3.05, 3.63) is 18.2 Å². The number of carboxylic acid groups (broad SMARTS) is 1. The van der Waals surface area contributed by atoms with Gasteiger partial charge in [0.25, 0.3) is 6.01 Å². The Bertz CT molecular complexity index is 755. The van der Waals surface area contributed by atoms with E-state index in [9.17, 15) is 4.79 Å². The summed E-state index contributed by atoms with van der Waals surface area (Å²) in [5.41, 5.74) is 1.55. The Morgan fingerprint density at radius 3 is 2.93 bits per heavy atom. The van der Waals surface area contributed by atoms with Crippen LogP contribution in [0, 0.1) is 0 Å². The van der Waals surface area contributed by atoms with E-state index in [4.69, 9.17) is 19.0 Å². The van der Waals surface area contributed by atoms with Crippen LogP contribution in [-0.4, -0.2) is 54.6 Å². The highest BCUT2D eigenvalue weighted by atomic mass is 16.5. The number of amides is 1. The summed E-state index contributed by atoms with van der Waals surface area (Å²) in [6.45, 7) is 6.50. The lowest BCUT2D eigenvalue weighted by molar-refractivity contribution is 0.0260. The second-order valence-electron chi connectivity index (χ2n) is 6.84. The molecule has 1 aliphatic heterocycles. The first-order chi connectivity index (χ1) is 13.0. The summed E-state index contributed by atoms with van der Waals surface area (Å²) in [5.74, 6) is 0.806. The zero-order valence-electron chi connectivity index (χ0n) is 15.8. The lowest BCUT2D eigenvalue weighted by Crippen LogP contribution is -2.40. The highest BCUT2D eigenvalue weighted by molar-refractivity contribution is 5.76. The zero-order valence-corrected chi connectivity index (χ0v) is 15.8. The van der Waals surface area contributed by atoms with Crippen LogP contribution in [0.4, 0.5) is 10.8 Å². The molecular formula is C19H27N3O5. The van der Waals surface area contributed by atoms with Crippen LogP contribution in [0.3, 0.4) is 0 Å². The molecule has 1 saturated heterocycles. The lowest BCUT2D eigenvalue weighted by Gasteiger charge is -2.31. The van der Waals surface area contributed by atoms with Crippen molar-refractivity contribution in [1.29, 1.82) is 0 Å². The van der Waals surface area contributed by atoms with Crippen LogP contribution in [0.5, 0.6) is 5.75 Å². The molecule has 0 radical (unpaired) electrons. The van der Waals surface area contributed by atoms with Crippen LogP contribution in [-0.2, 0) is 4.74 Å². The average Bonchev–Trinajstić information content (AvgIpc) is 3.08. The highest BCUT2D eigenvalue weighted by Crippen LogP contribution is 2.27. The van der Waals surface area contributed by atoms with E-state index in [1.807, 2.05) is 18.2 Å². The second-order valence-corrected chi connectivity index (χ2v) is 6.84. The fraction of sp³-hybridized carbons (Fsp3) is 0.579. The fourth-order valence-corrected chi connectivity index (χ4v) is 3.09. The molecule has 0 aliphatic carbocycles. The highest BCUT2D eigenvalue weighted by Gasteiger charge is 2.24. The second kappa shape index (κ2) is 8.94.